The first kappa shape index (κ1) is 24.4. The van der Waals surface area contributed by atoms with E-state index in [0.717, 1.165) is 29.8 Å². The summed E-state index contributed by atoms with van der Waals surface area (Å²) in [5.41, 5.74) is 10.4. The van der Waals surface area contributed by atoms with Gasteiger partial charge in [-0.15, -0.1) is 24.8 Å². The number of hydrogen-bond donors (Lipinski definition) is 2. The van der Waals surface area contributed by atoms with Gasteiger partial charge in [0.05, 0.1) is 0 Å². The Morgan fingerprint density at radius 3 is 2.35 bits per heavy atom. The minimum absolute atomic E-state index is 0. The molecule has 1 amide bonds. The van der Waals surface area contributed by atoms with E-state index < -0.39 is 6.04 Å². The summed E-state index contributed by atoms with van der Waals surface area (Å²) in [5.74, 6) is -0.157. The molecule has 0 aliphatic heterocycles. The molecule has 0 bridgehead atoms. The van der Waals surface area contributed by atoms with E-state index in [-0.39, 0.29) is 30.7 Å². The van der Waals surface area contributed by atoms with Crippen LogP contribution in [0.4, 0.5) is 0 Å². The third-order valence-corrected chi connectivity index (χ3v) is 4.17. The zero-order valence-electron chi connectivity index (χ0n) is 15.6. The van der Waals surface area contributed by atoms with Crippen LogP contribution in [0.5, 0.6) is 0 Å². The number of carbonyl (C=O) groups excluding carboxylic acids is 1. The Labute approximate surface area is 169 Å². The van der Waals surface area contributed by atoms with Crippen LogP contribution in [0.25, 0.3) is 0 Å². The maximum atomic E-state index is 12.3. The van der Waals surface area contributed by atoms with Gasteiger partial charge in [-0.05, 0) is 37.2 Å². The summed E-state index contributed by atoms with van der Waals surface area (Å²) in [6.45, 7) is 6.55. The Morgan fingerprint density at radius 1 is 1.12 bits per heavy atom. The van der Waals surface area contributed by atoms with Gasteiger partial charge in [0.15, 0.2) is 0 Å². The summed E-state index contributed by atoms with van der Waals surface area (Å²) >= 11 is 0. The van der Waals surface area contributed by atoms with E-state index in [4.69, 9.17) is 5.73 Å². The van der Waals surface area contributed by atoms with Crippen molar-refractivity contribution in [2.75, 3.05) is 13.6 Å². The zero-order valence-corrected chi connectivity index (χ0v) is 17.2. The Kier molecular flexibility index (Phi) is 11.2. The number of rotatable bonds is 7. The van der Waals surface area contributed by atoms with Crippen molar-refractivity contribution >= 4 is 30.7 Å². The van der Waals surface area contributed by atoms with Crippen molar-refractivity contribution in [1.29, 1.82) is 0 Å². The number of halogens is 2. The molecule has 1 unspecified atom stereocenters. The molecular formula is C20H29Cl2N3O. The first-order valence-corrected chi connectivity index (χ1v) is 8.35. The molecule has 1 atom stereocenters. The summed E-state index contributed by atoms with van der Waals surface area (Å²) < 4.78 is 0. The number of aryl methyl sites for hydroxylation is 1. The molecule has 144 valence electrons. The Morgan fingerprint density at radius 2 is 1.73 bits per heavy atom. The molecule has 0 saturated heterocycles. The molecule has 0 heterocycles. The third kappa shape index (κ3) is 7.34. The molecule has 2 rings (SSSR count). The molecule has 0 aromatic heterocycles. The van der Waals surface area contributed by atoms with Gasteiger partial charge in [0.2, 0.25) is 5.91 Å². The van der Waals surface area contributed by atoms with Crippen LogP contribution in [0.1, 0.15) is 35.2 Å². The fourth-order valence-electron chi connectivity index (χ4n) is 2.49. The summed E-state index contributed by atoms with van der Waals surface area (Å²) in [6.07, 6.45) is 0. The molecule has 2 aromatic carbocycles. The summed E-state index contributed by atoms with van der Waals surface area (Å²) in [5, 5.41) is 2.93. The smallest absolute Gasteiger partial charge is 0.241 e. The normalized spacial score (nSPS) is 11.3. The van der Waals surface area contributed by atoms with Crippen LogP contribution >= 0.6 is 24.8 Å². The minimum atomic E-state index is -0.639. The molecule has 3 N–H and O–H groups in total. The van der Waals surface area contributed by atoms with E-state index in [1.165, 1.54) is 5.56 Å². The number of hydrogen-bond acceptors (Lipinski definition) is 3. The second-order valence-corrected chi connectivity index (χ2v) is 6.26. The topological polar surface area (TPSA) is 58.4 Å². The van der Waals surface area contributed by atoms with Crippen molar-refractivity contribution in [2.24, 2.45) is 5.73 Å². The molecule has 2 aromatic rings. The van der Waals surface area contributed by atoms with Crippen LogP contribution in [-0.2, 0) is 17.9 Å². The highest BCUT2D eigenvalue weighted by Gasteiger charge is 2.15. The van der Waals surface area contributed by atoms with Crippen LogP contribution in [0.2, 0.25) is 0 Å². The number of nitrogens with zero attached hydrogens (tertiary/aromatic N) is 1. The van der Waals surface area contributed by atoms with Gasteiger partial charge < -0.3 is 16.0 Å². The Hall–Kier alpha value is -1.59. The standard InChI is InChI=1S/C20H27N3O.2ClH/c1-4-23(3)14-17-7-5-6-16(12-17)13-22-20(24)19(21)18-10-8-15(2)9-11-18;;/h5-12,19H,4,13-14,21H2,1-3H3,(H,22,24);2*1H. The molecular weight excluding hydrogens is 369 g/mol. The molecule has 0 fully saturated rings. The molecule has 4 nitrogen and oxygen atoms in total. The molecule has 0 aliphatic carbocycles. The predicted molar refractivity (Wildman–Crippen MR) is 113 cm³/mol. The average molecular weight is 398 g/mol. The Balaban J connectivity index is 0.00000312. The van der Waals surface area contributed by atoms with Gasteiger partial charge in [0.1, 0.15) is 6.04 Å². The maximum absolute atomic E-state index is 12.3. The second kappa shape index (κ2) is 11.9. The largest absolute Gasteiger partial charge is 0.350 e. The highest BCUT2D eigenvalue weighted by atomic mass is 35.5. The van der Waals surface area contributed by atoms with Gasteiger partial charge in [0, 0.05) is 13.1 Å². The van der Waals surface area contributed by atoms with E-state index >= 15 is 0 Å². The molecule has 0 saturated carbocycles. The van der Waals surface area contributed by atoms with E-state index in [1.807, 2.05) is 43.3 Å². The van der Waals surface area contributed by atoms with E-state index in [9.17, 15) is 4.79 Å². The zero-order chi connectivity index (χ0) is 17.5. The van der Waals surface area contributed by atoms with Gasteiger partial charge in [0.25, 0.3) is 0 Å². The van der Waals surface area contributed by atoms with E-state index in [0.29, 0.717) is 6.54 Å². The first-order valence-electron chi connectivity index (χ1n) is 8.35. The summed E-state index contributed by atoms with van der Waals surface area (Å²) in [4.78, 5) is 14.5. The van der Waals surface area contributed by atoms with Crippen molar-refractivity contribution in [3.05, 3.63) is 70.8 Å². The number of carbonyl (C=O) groups is 1. The number of benzene rings is 2. The fraction of sp³-hybridized carbons (Fsp3) is 0.350. The van der Waals surface area contributed by atoms with Crippen molar-refractivity contribution in [1.82, 2.24) is 10.2 Å². The SMILES string of the molecule is CCN(C)Cc1cccc(CNC(=O)C(N)c2ccc(C)cc2)c1.Cl.Cl. The second-order valence-electron chi connectivity index (χ2n) is 6.26. The monoisotopic (exact) mass is 397 g/mol. The van der Waals surface area contributed by atoms with Crippen LogP contribution in [0.15, 0.2) is 48.5 Å². The minimum Gasteiger partial charge on any atom is -0.350 e. The van der Waals surface area contributed by atoms with Gasteiger partial charge in [-0.25, -0.2) is 0 Å². The van der Waals surface area contributed by atoms with Crippen molar-refractivity contribution in [3.63, 3.8) is 0 Å². The first-order chi connectivity index (χ1) is 11.5. The van der Waals surface area contributed by atoms with Crippen LogP contribution in [0, 0.1) is 6.92 Å². The van der Waals surface area contributed by atoms with Crippen molar-refractivity contribution in [2.45, 2.75) is 33.0 Å². The highest BCUT2D eigenvalue weighted by molar-refractivity contribution is 5.85. The van der Waals surface area contributed by atoms with Crippen molar-refractivity contribution < 1.29 is 4.79 Å². The lowest BCUT2D eigenvalue weighted by molar-refractivity contribution is -0.122. The number of nitrogens with two attached hydrogens (primary N) is 1. The van der Waals surface area contributed by atoms with Crippen molar-refractivity contribution in [3.8, 4) is 0 Å². The average Bonchev–Trinajstić information content (AvgIpc) is 2.60. The third-order valence-electron chi connectivity index (χ3n) is 4.17. The predicted octanol–water partition coefficient (Wildman–Crippen LogP) is 3.61. The number of nitrogens with one attached hydrogen (secondary N) is 1. The maximum Gasteiger partial charge on any atom is 0.241 e. The van der Waals surface area contributed by atoms with Gasteiger partial charge >= 0.3 is 0 Å². The van der Waals surface area contributed by atoms with Crippen LogP contribution < -0.4 is 11.1 Å². The lowest BCUT2D eigenvalue weighted by Gasteiger charge is -2.15. The van der Waals surface area contributed by atoms with E-state index in [2.05, 4.69) is 36.3 Å². The molecule has 26 heavy (non-hydrogen) atoms. The van der Waals surface area contributed by atoms with Crippen LogP contribution in [0.3, 0.4) is 0 Å². The Bertz CT molecular complexity index is 677. The highest BCUT2D eigenvalue weighted by Crippen LogP contribution is 2.12. The molecule has 0 aliphatic rings. The number of amides is 1. The van der Waals surface area contributed by atoms with Gasteiger partial charge in [-0.3, -0.25) is 4.79 Å². The molecule has 6 heteroatoms. The fourth-order valence-corrected chi connectivity index (χ4v) is 2.49. The lowest BCUT2D eigenvalue weighted by Crippen LogP contribution is -2.33. The summed E-state index contributed by atoms with van der Waals surface area (Å²) in [6, 6.07) is 15.4. The summed E-state index contributed by atoms with van der Waals surface area (Å²) in [7, 11) is 2.09. The van der Waals surface area contributed by atoms with Crippen LogP contribution in [-0.4, -0.2) is 24.4 Å². The lowest BCUT2D eigenvalue weighted by atomic mass is 10.1. The van der Waals surface area contributed by atoms with Gasteiger partial charge in [-0.2, -0.15) is 0 Å². The quantitative estimate of drug-likeness (QED) is 0.749. The van der Waals surface area contributed by atoms with Gasteiger partial charge in [-0.1, -0.05) is 61.0 Å². The van der Waals surface area contributed by atoms with E-state index in [1.54, 1.807) is 0 Å². The molecule has 0 spiro atoms. The molecule has 0 radical (unpaired) electrons.